The number of nitrogens with zero attached hydrogens (tertiary/aromatic N) is 1. The maximum atomic E-state index is 13.1. The first-order valence-corrected chi connectivity index (χ1v) is 7.79. The first kappa shape index (κ1) is 17.0. The Hall–Kier alpha value is -2.36. The molecule has 122 valence electrons. The van der Waals surface area contributed by atoms with Crippen LogP contribution in [-0.2, 0) is 6.42 Å². The quantitative estimate of drug-likeness (QED) is 0.809. The summed E-state index contributed by atoms with van der Waals surface area (Å²) in [6.07, 6.45) is 0.576. The Morgan fingerprint density at radius 1 is 1.09 bits per heavy atom. The molecule has 0 spiro atoms. The third-order valence-corrected chi connectivity index (χ3v) is 3.91. The van der Waals surface area contributed by atoms with E-state index >= 15 is 0 Å². The van der Waals surface area contributed by atoms with Gasteiger partial charge in [0.15, 0.2) is 0 Å². The molecule has 0 saturated carbocycles. The van der Waals surface area contributed by atoms with E-state index in [-0.39, 0.29) is 11.7 Å². The van der Waals surface area contributed by atoms with Crippen LogP contribution in [0.15, 0.2) is 42.5 Å². The van der Waals surface area contributed by atoms with Gasteiger partial charge in [-0.05, 0) is 55.7 Å². The van der Waals surface area contributed by atoms with Crippen LogP contribution < -0.4 is 4.74 Å². The number of carbonyl (C=O) groups excluding carboxylic acids is 1. The maximum absolute atomic E-state index is 13.1. The topological polar surface area (TPSA) is 29.5 Å². The molecule has 3 nitrogen and oxygen atoms in total. The normalized spacial score (nSPS) is 10.4. The molecule has 0 aliphatic heterocycles. The van der Waals surface area contributed by atoms with Gasteiger partial charge in [0.2, 0.25) is 0 Å². The van der Waals surface area contributed by atoms with Crippen molar-refractivity contribution in [3.63, 3.8) is 0 Å². The standard InChI is InChI=1S/C19H22FNO2/c1-4-21(5-2)19(22)18-13-17(23-3)11-8-15(18)12-14-6-9-16(20)10-7-14/h6-11,13H,4-5,12H2,1-3H3. The summed E-state index contributed by atoms with van der Waals surface area (Å²) >= 11 is 0. The van der Waals surface area contributed by atoms with Crippen molar-refractivity contribution in [1.29, 1.82) is 0 Å². The summed E-state index contributed by atoms with van der Waals surface area (Å²) in [5, 5.41) is 0. The molecule has 0 bridgehead atoms. The molecule has 0 aliphatic carbocycles. The van der Waals surface area contributed by atoms with Crippen molar-refractivity contribution in [3.05, 3.63) is 65.0 Å². The van der Waals surface area contributed by atoms with Crippen LogP contribution in [0.4, 0.5) is 4.39 Å². The maximum Gasteiger partial charge on any atom is 0.254 e. The Bertz CT molecular complexity index is 664. The Balaban J connectivity index is 2.38. The number of hydrogen-bond acceptors (Lipinski definition) is 2. The highest BCUT2D eigenvalue weighted by molar-refractivity contribution is 5.96. The lowest BCUT2D eigenvalue weighted by molar-refractivity contribution is 0.0771. The van der Waals surface area contributed by atoms with Crippen molar-refractivity contribution >= 4 is 5.91 Å². The smallest absolute Gasteiger partial charge is 0.254 e. The van der Waals surface area contributed by atoms with Crippen LogP contribution in [0.1, 0.15) is 35.3 Å². The first-order chi connectivity index (χ1) is 11.1. The third-order valence-electron chi connectivity index (χ3n) is 3.91. The van der Waals surface area contributed by atoms with Crippen molar-refractivity contribution in [2.24, 2.45) is 0 Å². The van der Waals surface area contributed by atoms with E-state index in [2.05, 4.69) is 0 Å². The lowest BCUT2D eigenvalue weighted by atomic mass is 9.98. The molecule has 0 heterocycles. The van der Waals surface area contributed by atoms with E-state index in [4.69, 9.17) is 4.74 Å². The highest BCUT2D eigenvalue weighted by Gasteiger charge is 2.17. The second-order valence-electron chi connectivity index (χ2n) is 5.30. The predicted octanol–water partition coefficient (Wildman–Crippen LogP) is 3.91. The molecule has 1 amide bonds. The summed E-state index contributed by atoms with van der Waals surface area (Å²) < 4.78 is 18.3. The molecule has 0 aromatic heterocycles. The lowest BCUT2D eigenvalue weighted by Gasteiger charge is -2.21. The number of carbonyl (C=O) groups is 1. The highest BCUT2D eigenvalue weighted by atomic mass is 19.1. The molecule has 2 aromatic rings. The number of methoxy groups -OCH3 is 1. The molecule has 0 atom stereocenters. The van der Waals surface area contributed by atoms with E-state index in [1.165, 1.54) is 12.1 Å². The average molecular weight is 315 g/mol. The van der Waals surface area contributed by atoms with Crippen molar-refractivity contribution in [2.45, 2.75) is 20.3 Å². The highest BCUT2D eigenvalue weighted by Crippen LogP contribution is 2.22. The minimum absolute atomic E-state index is 0.00832. The molecule has 2 aromatic carbocycles. The van der Waals surface area contributed by atoms with Gasteiger partial charge in [0.25, 0.3) is 5.91 Å². The van der Waals surface area contributed by atoms with Gasteiger partial charge in [0, 0.05) is 18.7 Å². The van der Waals surface area contributed by atoms with Crippen LogP contribution in [-0.4, -0.2) is 31.0 Å². The van der Waals surface area contributed by atoms with Gasteiger partial charge in [-0.25, -0.2) is 4.39 Å². The van der Waals surface area contributed by atoms with E-state index in [0.717, 1.165) is 11.1 Å². The van der Waals surface area contributed by atoms with Gasteiger partial charge in [-0.1, -0.05) is 18.2 Å². The lowest BCUT2D eigenvalue weighted by Crippen LogP contribution is -2.31. The van der Waals surface area contributed by atoms with Crippen molar-refractivity contribution in [1.82, 2.24) is 4.90 Å². The minimum Gasteiger partial charge on any atom is -0.497 e. The average Bonchev–Trinajstić information content (AvgIpc) is 2.58. The molecule has 4 heteroatoms. The van der Waals surface area contributed by atoms with Crippen LogP contribution in [0.25, 0.3) is 0 Å². The number of amides is 1. The summed E-state index contributed by atoms with van der Waals surface area (Å²) in [6.45, 7) is 5.23. The fourth-order valence-corrected chi connectivity index (χ4v) is 2.54. The molecule has 0 saturated heterocycles. The molecule has 0 aliphatic rings. The van der Waals surface area contributed by atoms with Gasteiger partial charge in [0.05, 0.1) is 7.11 Å². The van der Waals surface area contributed by atoms with E-state index in [1.807, 2.05) is 26.0 Å². The molecule has 2 rings (SSSR count). The minimum atomic E-state index is -0.261. The molecule has 0 radical (unpaired) electrons. The fraction of sp³-hybridized carbons (Fsp3) is 0.316. The molecule has 23 heavy (non-hydrogen) atoms. The molecular weight excluding hydrogens is 293 g/mol. The summed E-state index contributed by atoms with van der Waals surface area (Å²) in [4.78, 5) is 14.5. The summed E-state index contributed by atoms with van der Waals surface area (Å²) in [7, 11) is 1.58. The van der Waals surface area contributed by atoms with Gasteiger partial charge >= 0.3 is 0 Å². The zero-order chi connectivity index (χ0) is 16.8. The van der Waals surface area contributed by atoms with E-state index < -0.39 is 0 Å². The zero-order valence-electron chi connectivity index (χ0n) is 13.8. The van der Waals surface area contributed by atoms with E-state index in [9.17, 15) is 9.18 Å². The Morgan fingerprint density at radius 2 is 1.74 bits per heavy atom. The first-order valence-electron chi connectivity index (χ1n) is 7.79. The van der Waals surface area contributed by atoms with Crippen LogP contribution in [0.5, 0.6) is 5.75 Å². The van der Waals surface area contributed by atoms with Gasteiger partial charge in [-0.3, -0.25) is 4.79 Å². The summed E-state index contributed by atoms with van der Waals surface area (Å²) in [5.41, 5.74) is 2.51. The SMILES string of the molecule is CCN(CC)C(=O)c1cc(OC)ccc1Cc1ccc(F)cc1. The predicted molar refractivity (Wildman–Crippen MR) is 89.5 cm³/mol. The van der Waals surface area contributed by atoms with Crippen LogP contribution >= 0.6 is 0 Å². The molecule has 0 fully saturated rings. The van der Waals surface area contributed by atoms with Crippen LogP contribution in [0, 0.1) is 5.82 Å². The molecule has 0 N–H and O–H groups in total. The van der Waals surface area contributed by atoms with E-state index in [0.29, 0.717) is 30.8 Å². The fourth-order valence-electron chi connectivity index (χ4n) is 2.54. The second-order valence-corrected chi connectivity index (χ2v) is 5.30. The molecule has 0 unspecified atom stereocenters. The van der Waals surface area contributed by atoms with Gasteiger partial charge in [0.1, 0.15) is 11.6 Å². The zero-order valence-corrected chi connectivity index (χ0v) is 13.8. The van der Waals surface area contributed by atoms with Gasteiger partial charge in [-0.15, -0.1) is 0 Å². The number of hydrogen-bond donors (Lipinski definition) is 0. The Labute approximate surface area is 136 Å². The molecular formula is C19H22FNO2. The Kier molecular flexibility index (Phi) is 5.74. The summed E-state index contributed by atoms with van der Waals surface area (Å²) in [5.74, 6) is 0.386. The largest absolute Gasteiger partial charge is 0.497 e. The van der Waals surface area contributed by atoms with Crippen LogP contribution in [0.3, 0.4) is 0 Å². The number of rotatable bonds is 6. The van der Waals surface area contributed by atoms with Crippen molar-refractivity contribution in [2.75, 3.05) is 20.2 Å². The summed E-state index contributed by atoms with van der Waals surface area (Å²) in [6, 6.07) is 11.9. The van der Waals surface area contributed by atoms with E-state index in [1.54, 1.807) is 30.2 Å². The number of benzene rings is 2. The monoisotopic (exact) mass is 315 g/mol. The van der Waals surface area contributed by atoms with Gasteiger partial charge < -0.3 is 9.64 Å². The van der Waals surface area contributed by atoms with Crippen molar-refractivity contribution < 1.29 is 13.9 Å². The second kappa shape index (κ2) is 7.77. The van der Waals surface area contributed by atoms with Gasteiger partial charge in [-0.2, -0.15) is 0 Å². The Morgan fingerprint density at radius 3 is 2.30 bits per heavy atom. The number of halogens is 1. The number of ether oxygens (including phenoxy) is 1. The van der Waals surface area contributed by atoms with Crippen LogP contribution in [0.2, 0.25) is 0 Å². The third kappa shape index (κ3) is 4.09. The van der Waals surface area contributed by atoms with Crippen molar-refractivity contribution in [3.8, 4) is 5.75 Å².